The van der Waals surface area contributed by atoms with Crippen LogP contribution in [-0.4, -0.2) is 45.8 Å². The Labute approximate surface area is 160 Å². The number of nitrogens with one attached hydrogen (secondary N) is 1. The van der Waals surface area contributed by atoms with E-state index in [0.717, 1.165) is 11.3 Å². The largest absolute Gasteiger partial charge is 0.480 e. The number of carboxylic acids is 1. The zero-order chi connectivity index (χ0) is 20.5. The first-order valence-corrected chi connectivity index (χ1v) is 9.86. The first-order valence-electron chi connectivity index (χ1n) is 9.86. The Balaban J connectivity index is 2.26. The molecule has 0 aromatic rings. The van der Waals surface area contributed by atoms with E-state index in [-0.39, 0.29) is 42.5 Å². The van der Waals surface area contributed by atoms with Crippen molar-refractivity contribution in [1.29, 1.82) is 0 Å². The molecule has 0 aromatic heterocycles. The molecule has 0 bridgehead atoms. The summed E-state index contributed by atoms with van der Waals surface area (Å²) >= 11 is 0. The van der Waals surface area contributed by atoms with Crippen LogP contribution in [0.5, 0.6) is 0 Å². The van der Waals surface area contributed by atoms with E-state index in [2.05, 4.69) is 19.2 Å². The van der Waals surface area contributed by atoms with E-state index in [1.54, 1.807) is 0 Å². The number of piperidine rings is 1. The molecule has 1 spiro atoms. The minimum atomic E-state index is -1.14. The molecular formula is C20H32N2O5. The maximum Gasteiger partial charge on any atom is 0.326 e. The molecule has 7 heteroatoms. The van der Waals surface area contributed by atoms with Crippen LogP contribution in [0, 0.1) is 23.2 Å². The fraction of sp³-hybridized carbons (Fsp3) is 0.800. The van der Waals surface area contributed by atoms with Gasteiger partial charge >= 0.3 is 5.97 Å². The Morgan fingerprint density at radius 1 is 1.19 bits per heavy atom. The number of carbonyl (C=O) groups is 4. The number of hydrogen-bond donors (Lipinski definition) is 2. The average Bonchev–Trinajstić information content (AvgIpc) is 3.24. The van der Waals surface area contributed by atoms with Crippen molar-refractivity contribution in [2.24, 2.45) is 23.2 Å². The van der Waals surface area contributed by atoms with Crippen molar-refractivity contribution in [2.75, 3.05) is 0 Å². The summed E-state index contributed by atoms with van der Waals surface area (Å²) in [6, 6.07) is -1.25. The van der Waals surface area contributed by atoms with Crippen molar-refractivity contribution < 1.29 is 24.3 Å². The second kappa shape index (κ2) is 7.98. The summed E-state index contributed by atoms with van der Waals surface area (Å²) in [6.07, 6.45) is 2.21. The Hall–Kier alpha value is -1.92. The van der Waals surface area contributed by atoms with E-state index in [4.69, 9.17) is 0 Å². The van der Waals surface area contributed by atoms with E-state index in [1.165, 1.54) is 6.92 Å². The standard InChI is InChI=1S/C20H32N2O5/c1-11(2)8-15(21-13(5)23)14-10-20(14)7-6-17(24)22(19(20)27)16(18(25)26)9-12(3)4/h11-12,14-16H,6-10H2,1-5H3,(H,21,23)(H,25,26)/t14-,15+,16+,20+/m1/s1. The molecule has 3 amide bonds. The number of nitrogens with zero attached hydrogens (tertiary/aromatic N) is 1. The van der Waals surface area contributed by atoms with Crippen molar-refractivity contribution in [2.45, 2.75) is 78.8 Å². The predicted molar refractivity (Wildman–Crippen MR) is 99.6 cm³/mol. The van der Waals surface area contributed by atoms with Crippen molar-refractivity contribution in [1.82, 2.24) is 10.2 Å². The third-order valence-electron chi connectivity index (χ3n) is 5.72. The van der Waals surface area contributed by atoms with Gasteiger partial charge in [-0.3, -0.25) is 19.3 Å². The lowest BCUT2D eigenvalue weighted by Gasteiger charge is -2.37. The minimum absolute atomic E-state index is 0.0413. The smallest absolute Gasteiger partial charge is 0.326 e. The molecule has 2 fully saturated rings. The highest BCUT2D eigenvalue weighted by Gasteiger charge is 2.66. The number of aliphatic carboxylic acids is 1. The first-order chi connectivity index (χ1) is 12.5. The molecule has 1 saturated heterocycles. The van der Waals surface area contributed by atoms with Crippen LogP contribution in [0.15, 0.2) is 0 Å². The number of rotatable bonds is 8. The lowest BCUT2D eigenvalue weighted by molar-refractivity contribution is -0.165. The second-order valence-electron chi connectivity index (χ2n) is 8.96. The van der Waals surface area contributed by atoms with E-state index in [9.17, 15) is 24.3 Å². The van der Waals surface area contributed by atoms with Gasteiger partial charge in [0.1, 0.15) is 6.04 Å². The van der Waals surface area contributed by atoms with Gasteiger partial charge in [-0.15, -0.1) is 0 Å². The van der Waals surface area contributed by atoms with Crippen LogP contribution in [0.4, 0.5) is 0 Å². The van der Waals surface area contributed by atoms with Gasteiger partial charge in [0.05, 0.1) is 5.41 Å². The van der Waals surface area contributed by atoms with E-state index in [1.807, 2.05) is 13.8 Å². The third-order valence-corrected chi connectivity index (χ3v) is 5.72. The van der Waals surface area contributed by atoms with E-state index in [0.29, 0.717) is 18.8 Å². The highest BCUT2D eigenvalue weighted by atomic mass is 16.4. The lowest BCUT2D eigenvalue weighted by Crippen LogP contribution is -2.55. The van der Waals surface area contributed by atoms with Crippen LogP contribution < -0.4 is 5.32 Å². The number of carboxylic acid groups (broad SMARTS) is 1. The maximum absolute atomic E-state index is 13.3. The van der Waals surface area contributed by atoms with Crippen LogP contribution in [0.2, 0.25) is 0 Å². The fourth-order valence-electron chi connectivity index (χ4n) is 4.48. The Morgan fingerprint density at radius 3 is 2.26 bits per heavy atom. The quantitative estimate of drug-likeness (QED) is 0.628. The van der Waals surface area contributed by atoms with Gasteiger partial charge in [-0.2, -0.15) is 0 Å². The molecule has 4 atom stereocenters. The number of likely N-dealkylation sites (tertiary alicyclic amines) is 1. The molecule has 2 N–H and O–H groups in total. The molecule has 27 heavy (non-hydrogen) atoms. The van der Waals surface area contributed by atoms with Crippen LogP contribution >= 0.6 is 0 Å². The molecule has 0 unspecified atom stereocenters. The van der Waals surface area contributed by atoms with Crippen molar-refractivity contribution in [3.8, 4) is 0 Å². The topological polar surface area (TPSA) is 104 Å². The van der Waals surface area contributed by atoms with E-state index < -0.39 is 23.3 Å². The average molecular weight is 380 g/mol. The van der Waals surface area contributed by atoms with Gasteiger partial charge in [0.15, 0.2) is 0 Å². The van der Waals surface area contributed by atoms with Crippen LogP contribution in [0.1, 0.15) is 66.7 Å². The van der Waals surface area contributed by atoms with Crippen LogP contribution in [0.25, 0.3) is 0 Å². The molecule has 1 aliphatic heterocycles. The molecule has 7 nitrogen and oxygen atoms in total. The minimum Gasteiger partial charge on any atom is -0.480 e. The van der Waals surface area contributed by atoms with Crippen LogP contribution in [-0.2, 0) is 19.2 Å². The van der Waals surface area contributed by atoms with Gasteiger partial charge in [-0.05, 0) is 43.4 Å². The van der Waals surface area contributed by atoms with Crippen LogP contribution in [0.3, 0.4) is 0 Å². The Bertz CT molecular complexity index is 630. The summed E-state index contributed by atoms with van der Waals surface area (Å²) in [4.78, 5) is 50.1. The summed E-state index contributed by atoms with van der Waals surface area (Å²) in [6.45, 7) is 9.33. The summed E-state index contributed by atoms with van der Waals surface area (Å²) in [7, 11) is 0. The van der Waals surface area contributed by atoms with Crippen molar-refractivity contribution in [3.63, 3.8) is 0 Å². The monoisotopic (exact) mass is 380 g/mol. The van der Waals surface area contributed by atoms with Gasteiger partial charge in [0, 0.05) is 19.4 Å². The second-order valence-corrected chi connectivity index (χ2v) is 8.96. The Kier molecular flexibility index (Phi) is 6.32. The SMILES string of the molecule is CC(=O)N[C@@H](CC(C)C)[C@H]1C[C@@]12CCC(=O)N([C@@H](CC(C)C)C(=O)O)C2=O. The molecule has 0 radical (unpaired) electrons. The molecule has 1 aliphatic carbocycles. The summed E-state index contributed by atoms with van der Waals surface area (Å²) in [5.41, 5.74) is -0.708. The molecule has 2 rings (SSSR count). The lowest BCUT2D eigenvalue weighted by atomic mass is 9.85. The summed E-state index contributed by atoms with van der Waals surface area (Å²) in [5, 5.41) is 12.6. The maximum atomic E-state index is 13.3. The van der Waals surface area contributed by atoms with Gasteiger partial charge in [0.2, 0.25) is 17.7 Å². The number of carbonyl (C=O) groups excluding carboxylic acids is 3. The zero-order valence-corrected chi connectivity index (χ0v) is 16.9. The third kappa shape index (κ3) is 4.50. The van der Waals surface area contributed by atoms with Gasteiger partial charge < -0.3 is 10.4 Å². The first kappa shape index (κ1) is 21.4. The molecule has 152 valence electrons. The number of hydrogen-bond acceptors (Lipinski definition) is 4. The van der Waals surface area contributed by atoms with E-state index >= 15 is 0 Å². The summed E-state index contributed by atoms with van der Waals surface area (Å²) < 4.78 is 0. The van der Waals surface area contributed by atoms with Gasteiger partial charge in [0.25, 0.3) is 0 Å². The highest BCUT2D eigenvalue weighted by Crippen LogP contribution is 2.61. The van der Waals surface area contributed by atoms with Crippen molar-refractivity contribution >= 4 is 23.7 Å². The number of imide groups is 1. The summed E-state index contributed by atoms with van der Waals surface area (Å²) in [5.74, 6) is -1.68. The molecule has 1 saturated carbocycles. The molecule has 0 aromatic carbocycles. The normalized spacial score (nSPS) is 27.2. The molecular weight excluding hydrogens is 348 g/mol. The predicted octanol–water partition coefficient (Wildman–Crippen LogP) is 2.19. The Morgan fingerprint density at radius 2 is 1.78 bits per heavy atom. The van der Waals surface area contributed by atoms with Gasteiger partial charge in [-0.25, -0.2) is 4.79 Å². The fourth-order valence-corrected chi connectivity index (χ4v) is 4.48. The molecule has 1 heterocycles. The number of amides is 3. The van der Waals surface area contributed by atoms with Crippen molar-refractivity contribution in [3.05, 3.63) is 0 Å². The molecule has 2 aliphatic rings. The van der Waals surface area contributed by atoms with Gasteiger partial charge in [-0.1, -0.05) is 27.7 Å². The zero-order valence-electron chi connectivity index (χ0n) is 16.9. The highest BCUT2D eigenvalue weighted by molar-refractivity contribution is 6.05.